The SMILES string of the molecule is COC(=O)c1c(/N=N/c2ccccc2S(=O)(=O)OC)c(=N)/c(=N\Nc2ccccc2)c(=N)/c1=N\Nc1ccccc1. The van der Waals surface area contributed by atoms with E-state index in [2.05, 4.69) is 35.5 Å². The highest BCUT2D eigenvalue weighted by Gasteiger charge is 2.22. The lowest BCUT2D eigenvalue weighted by atomic mass is 10.1. The minimum Gasteiger partial charge on any atom is -0.465 e. The van der Waals surface area contributed by atoms with E-state index in [-0.39, 0.29) is 37.9 Å². The second kappa shape index (κ2) is 12.7. The fourth-order valence-electron chi connectivity index (χ4n) is 3.54. The van der Waals surface area contributed by atoms with Gasteiger partial charge in [0.1, 0.15) is 43.3 Å². The van der Waals surface area contributed by atoms with Crippen molar-refractivity contribution in [1.29, 1.82) is 10.8 Å². The van der Waals surface area contributed by atoms with Crippen molar-refractivity contribution >= 4 is 38.8 Å². The number of rotatable bonds is 9. The van der Waals surface area contributed by atoms with Crippen LogP contribution in [0.25, 0.3) is 0 Å². The molecule has 0 amide bonds. The zero-order chi connectivity index (χ0) is 29.4. The molecule has 13 nitrogen and oxygen atoms in total. The van der Waals surface area contributed by atoms with Crippen LogP contribution in [0.3, 0.4) is 0 Å². The highest BCUT2D eigenvalue weighted by molar-refractivity contribution is 7.87. The predicted molar refractivity (Wildman–Crippen MR) is 148 cm³/mol. The first-order valence-electron chi connectivity index (χ1n) is 11.9. The molecule has 208 valence electrons. The van der Waals surface area contributed by atoms with Gasteiger partial charge in [0.25, 0.3) is 10.1 Å². The Morgan fingerprint density at radius 2 is 1.27 bits per heavy atom. The molecule has 0 aliphatic heterocycles. The average molecular weight is 573 g/mol. The molecule has 0 aliphatic rings. The van der Waals surface area contributed by atoms with Gasteiger partial charge in [0.05, 0.1) is 25.6 Å². The number of methoxy groups -OCH3 is 1. The number of azo groups is 1. The summed E-state index contributed by atoms with van der Waals surface area (Å²) < 4.78 is 34.4. The molecular formula is C27H24N8O5S. The van der Waals surface area contributed by atoms with Crippen LogP contribution < -0.4 is 32.3 Å². The zero-order valence-corrected chi connectivity index (χ0v) is 22.6. The van der Waals surface area contributed by atoms with E-state index in [0.717, 1.165) is 14.2 Å². The van der Waals surface area contributed by atoms with E-state index >= 15 is 0 Å². The zero-order valence-electron chi connectivity index (χ0n) is 21.8. The molecule has 0 atom stereocenters. The first kappa shape index (κ1) is 28.7. The Kier molecular flexibility index (Phi) is 8.86. The molecule has 0 fully saturated rings. The van der Waals surface area contributed by atoms with Gasteiger partial charge in [-0.3, -0.25) is 25.9 Å². The molecule has 0 saturated heterocycles. The van der Waals surface area contributed by atoms with Crippen molar-refractivity contribution in [3.8, 4) is 0 Å². The number of nitrogens with zero attached hydrogens (tertiary/aromatic N) is 4. The number of hydrogen-bond donors (Lipinski definition) is 4. The van der Waals surface area contributed by atoms with Gasteiger partial charge in [0.15, 0.2) is 0 Å². The average Bonchev–Trinajstić information content (AvgIpc) is 3.00. The van der Waals surface area contributed by atoms with Crippen molar-refractivity contribution in [2.45, 2.75) is 4.90 Å². The van der Waals surface area contributed by atoms with Gasteiger partial charge in [-0.2, -0.15) is 18.6 Å². The van der Waals surface area contributed by atoms with Crippen LogP contribution in [0, 0.1) is 10.8 Å². The number of ether oxygens (including phenoxy) is 1. The lowest BCUT2D eigenvalue weighted by Crippen LogP contribution is -2.51. The molecule has 4 aromatic carbocycles. The Hall–Kier alpha value is -5.34. The Bertz CT molecular complexity index is 1940. The second-order valence-electron chi connectivity index (χ2n) is 8.13. The summed E-state index contributed by atoms with van der Waals surface area (Å²) in [7, 11) is -2.02. The summed E-state index contributed by atoms with van der Waals surface area (Å²) in [5.41, 5.74) is 5.89. The molecule has 14 heteroatoms. The van der Waals surface area contributed by atoms with E-state index in [4.69, 9.17) is 15.6 Å². The van der Waals surface area contributed by atoms with Gasteiger partial charge >= 0.3 is 5.97 Å². The predicted octanol–water partition coefficient (Wildman–Crippen LogP) is 2.91. The molecule has 4 aromatic rings. The van der Waals surface area contributed by atoms with Crippen molar-refractivity contribution in [3.05, 3.63) is 112 Å². The van der Waals surface area contributed by atoms with Crippen LogP contribution in [0.4, 0.5) is 22.7 Å². The number of esters is 1. The Morgan fingerprint density at radius 3 is 1.83 bits per heavy atom. The highest BCUT2D eigenvalue weighted by atomic mass is 32.2. The van der Waals surface area contributed by atoms with Crippen LogP contribution in [0.2, 0.25) is 0 Å². The second-order valence-corrected chi connectivity index (χ2v) is 9.81. The van der Waals surface area contributed by atoms with Gasteiger partial charge in [-0.15, -0.1) is 10.2 Å². The normalized spacial score (nSPS) is 12.4. The Balaban J connectivity index is 2.02. The third-order valence-electron chi connectivity index (χ3n) is 5.56. The molecule has 0 spiro atoms. The van der Waals surface area contributed by atoms with E-state index in [1.807, 2.05) is 12.1 Å². The summed E-state index contributed by atoms with van der Waals surface area (Å²) in [5.74, 6) is -0.949. The minimum absolute atomic E-state index is 0.110. The van der Waals surface area contributed by atoms with E-state index in [9.17, 15) is 13.2 Å². The minimum atomic E-state index is -4.16. The molecule has 0 radical (unpaired) electrons. The van der Waals surface area contributed by atoms with Crippen LogP contribution >= 0.6 is 0 Å². The molecule has 0 saturated carbocycles. The third kappa shape index (κ3) is 6.46. The largest absolute Gasteiger partial charge is 0.465 e. The van der Waals surface area contributed by atoms with Gasteiger partial charge in [-0.25, -0.2) is 4.79 Å². The number of para-hydroxylation sites is 2. The number of anilines is 2. The number of hydrogen-bond acceptors (Lipinski definition) is 13. The summed E-state index contributed by atoms with van der Waals surface area (Å²) >= 11 is 0. The quantitative estimate of drug-likeness (QED) is 0.103. The van der Waals surface area contributed by atoms with Gasteiger partial charge in [-0.1, -0.05) is 48.5 Å². The van der Waals surface area contributed by atoms with Gasteiger partial charge in [0, 0.05) is 0 Å². The van der Waals surface area contributed by atoms with Crippen molar-refractivity contribution in [3.63, 3.8) is 0 Å². The maximum absolute atomic E-state index is 13.0. The monoisotopic (exact) mass is 572 g/mol. The number of nitrogens with one attached hydrogen (secondary N) is 4. The number of carbonyl (C=O) groups excluding carboxylic acids is 1. The van der Waals surface area contributed by atoms with E-state index in [1.54, 1.807) is 48.5 Å². The van der Waals surface area contributed by atoms with E-state index < -0.39 is 21.4 Å². The molecule has 4 N–H and O–H groups in total. The summed E-state index contributed by atoms with van der Waals surface area (Å²) in [5, 5.41) is 33.0. The standard InChI is InChI=1S/C27H24N8O5S/c1-39-27(36)21-24(33-30-17-11-5-3-6-12-17)22(28)26(35-31-18-13-7-4-8-14-18)23(29)25(21)34-32-19-15-9-10-16-20(19)41(37,38)40-2/h3-16,28-31H,1-2H3/b28-22?,29-23?,33-24-,34-32+,35-26-. The van der Waals surface area contributed by atoms with E-state index in [0.29, 0.717) is 11.4 Å². The fraction of sp³-hybridized carbons (Fsp3) is 0.0741. The Labute approximate surface area is 234 Å². The van der Waals surface area contributed by atoms with Crippen LogP contribution in [-0.4, -0.2) is 28.6 Å². The summed E-state index contributed by atoms with van der Waals surface area (Å²) in [6.07, 6.45) is 0. The summed E-state index contributed by atoms with van der Waals surface area (Å²) in [6, 6.07) is 23.3. The summed E-state index contributed by atoms with van der Waals surface area (Å²) in [4.78, 5) is 12.7. The van der Waals surface area contributed by atoms with Crippen molar-refractivity contribution in [2.75, 3.05) is 25.1 Å². The van der Waals surface area contributed by atoms with E-state index in [1.165, 1.54) is 24.3 Å². The van der Waals surface area contributed by atoms with Gasteiger partial charge in [0.2, 0.25) is 0 Å². The lowest BCUT2D eigenvalue weighted by molar-refractivity contribution is 0.0599. The molecule has 41 heavy (non-hydrogen) atoms. The molecule has 4 rings (SSSR count). The van der Waals surface area contributed by atoms with Crippen LogP contribution in [0.1, 0.15) is 10.4 Å². The van der Waals surface area contributed by atoms with Crippen LogP contribution in [0.5, 0.6) is 0 Å². The smallest absolute Gasteiger partial charge is 0.342 e. The molecule has 0 aliphatic carbocycles. The molecular weight excluding hydrogens is 548 g/mol. The number of carbonyl (C=O) groups is 1. The third-order valence-corrected chi connectivity index (χ3v) is 6.89. The molecule has 0 unspecified atom stereocenters. The molecule has 0 aromatic heterocycles. The Morgan fingerprint density at radius 1 is 0.732 bits per heavy atom. The van der Waals surface area contributed by atoms with Crippen molar-refractivity contribution < 1.29 is 22.1 Å². The van der Waals surface area contributed by atoms with Gasteiger partial charge < -0.3 is 4.74 Å². The van der Waals surface area contributed by atoms with Gasteiger partial charge in [-0.05, 0) is 36.4 Å². The topological polar surface area (TPSA) is 191 Å². The molecule has 0 heterocycles. The maximum Gasteiger partial charge on any atom is 0.342 e. The highest BCUT2D eigenvalue weighted by Crippen LogP contribution is 2.27. The fourth-order valence-corrected chi connectivity index (χ4v) is 4.33. The van der Waals surface area contributed by atoms with Crippen LogP contribution in [-0.2, 0) is 19.0 Å². The first-order chi connectivity index (χ1) is 19.8. The first-order valence-corrected chi connectivity index (χ1v) is 13.3. The van der Waals surface area contributed by atoms with Crippen LogP contribution in [0.15, 0.2) is 110 Å². The lowest BCUT2D eigenvalue weighted by Gasteiger charge is -2.07. The van der Waals surface area contributed by atoms with Crippen molar-refractivity contribution in [1.82, 2.24) is 0 Å². The van der Waals surface area contributed by atoms with Crippen molar-refractivity contribution in [2.24, 2.45) is 20.4 Å². The number of benzene rings is 4. The summed E-state index contributed by atoms with van der Waals surface area (Å²) in [6.45, 7) is 0. The molecule has 0 bridgehead atoms. The maximum atomic E-state index is 13.0.